The van der Waals surface area contributed by atoms with E-state index in [2.05, 4.69) is 193 Å². The van der Waals surface area contributed by atoms with Gasteiger partial charge in [0.15, 0.2) is 0 Å². The maximum Gasteiger partial charge on any atom is 0.297 e. The summed E-state index contributed by atoms with van der Waals surface area (Å²) in [6, 6.07) is 33.0. The van der Waals surface area contributed by atoms with E-state index in [1.807, 2.05) is 0 Å². The molecule has 0 bridgehead atoms. The van der Waals surface area contributed by atoms with Crippen molar-refractivity contribution < 1.29 is 4.42 Å². The molecule has 1 aromatic heterocycles. The van der Waals surface area contributed by atoms with Crippen LogP contribution in [0.15, 0.2) is 83.3 Å². The van der Waals surface area contributed by atoms with Crippen LogP contribution >= 0.6 is 0 Å². The lowest BCUT2D eigenvalue weighted by Gasteiger charge is -2.47. The second-order valence-corrected chi connectivity index (χ2v) is 28.4. The zero-order chi connectivity index (χ0) is 49.5. The van der Waals surface area contributed by atoms with Gasteiger partial charge in [-0.1, -0.05) is 147 Å². The van der Waals surface area contributed by atoms with Crippen molar-refractivity contribution in [2.24, 2.45) is 0 Å². The van der Waals surface area contributed by atoms with Gasteiger partial charge in [0.2, 0.25) is 0 Å². The molecule has 0 spiro atoms. The highest BCUT2D eigenvalue weighted by atomic mass is 16.3. The van der Waals surface area contributed by atoms with E-state index < -0.39 is 0 Å². The van der Waals surface area contributed by atoms with Crippen molar-refractivity contribution in [1.29, 1.82) is 0 Å². The quantitative estimate of drug-likeness (QED) is 0.165. The number of fused-ring (bicyclic) bond motifs is 9. The van der Waals surface area contributed by atoms with Gasteiger partial charge in [0.1, 0.15) is 5.58 Å². The summed E-state index contributed by atoms with van der Waals surface area (Å²) in [6.07, 6.45) is 13.5. The van der Waals surface area contributed by atoms with Crippen LogP contribution in [0.1, 0.15) is 225 Å². The first kappa shape index (κ1) is 46.4. The molecule has 3 heterocycles. The van der Waals surface area contributed by atoms with Gasteiger partial charge >= 0.3 is 0 Å². The zero-order valence-electron chi connectivity index (χ0n) is 45.7. The molecule has 1 fully saturated rings. The maximum absolute atomic E-state index is 7.78. The van der Waals surface area contributed by atoms with Crippen molar-refractivity contribution in [3.63, 3.8) is 0 Å². The molecule has 4 heteroatoms. The largest absolute Gasteiger partial charge is 0.468 e. The predicted octanol–water partition coefficient (Wildman–Crippen LogP) is 16.9. The molecule has 0 atom stereocenters. The number of nitrogens with zero attached hydrogens (tertiary/aromatic N) is 2. The molecule has 0 N–H and O–H groups in total. The van der Waals surface area contributed by atoms with Crippen LogP contribution in [0.4, 0.5) is 34.1 Å². The standard InChI is InChI=1S/C66H81BN2O/c1-60(2,3)42-21-23-43(24-22-42)68-53-38-50-49(64(10,11)30-31-65(50,12)13)37-52(53)67-57-54(68)33-41(40-19-17-16-18-20-40)34-55(57)69(44-25-26-46-47(35-44)62(6,7)28-27-61(46,4)5)58-45-36-48-51(39-56(45)70-59(58)67)66(14,15)32-29-63(48,8)9/h21-26,33-40H,16-20,27-32H2,1-15H3. The number of hydrogen-bond acceptors (Lipinski definition) is 3. The van der Waals surface area contributed by atoms with Crippen LogP contribution in [0.25, 0.3) is 11.0 Å². The van der Waals surface area contributed by atoms with E-state index in [-0.39, 0.29) is 44.6 Å². The summed E-state index contributed by atoms with van der Waals surface area (Å²) in [4.78, 5) is 5.43. The molecule has 12 rings (SSSR count). The molecule has 6 aliphatic rings. The summed E-state index contributed by atoms with van der Waals surface area (Å²) in [5.74, 6) is 0.520. The minimum Gasteiger partial charge on any atom is -0.468 e. The average molecular weight is 929 g/mol. The summed E-state index contributed by atoms with van der Waals surface area (Å²) in [7, 11) is 0. The Labute approximate surface area is 422 Å². The fraction of sp³-hybridized carbons (Fsp3) is 0.515. The monoisotopic (exact) mass is 929 g/mol. The Morgan fingerprint density at radius 1 is 0.486 bits per heavy atom. The minimum absolute atomic E-state index is 0.0460. The molecule has 4 aliphatic carbocycles. The number of rotatable bonds is 3. The van der Waals surface area contributed by atoms with Crippen LogP contribution in [0.3, 0.4) is 0 Å². The molecular weight excluding hydrogens is 848 g/mol. The van der Waals surface area contributed by atoms with E-state index in [0.29, 0.717) is 5.92 Å². The molecule has 2 aliphatic heterocycles. The van der Waals surface area contributed by atoms with Crippen molar-refractivity contribution in [1.82, 2.24) is 0 Å². The first-order valence-electron chi connectivity index (χ1n) is 27.6. The van der Waals surface area contributed by atoms with E-state index >= 15 is 0 Å². The zero-order valence-corrected chi connectivity index (χ0v) is 45.7. The topological polar surface area (TPSA) is 19.6 Å². The van der Waals surface area contributed by atoms with E-state index in [1.165, 1.54) is 166 Å². The Bertz CT molecular complexity index is 3140. The molecule has 1 saturated carbocycles. The molecule has 3 nitrogen and oxygen atoms in total. The Hall–Kier alpha value is -4.70. The molecule has 6 aromatic rings. The summed E-state index contributed by atoms with van der Waals surface area (Å²) in [6.45, 7) is 36.7. The number of anilines is 6. The van der Waals surface area contributed by atoms with Gasteiger partial charge in [0, 0.05) is 33.8 Å². The highest BCUT2D eigenvalue weighted by Gasteiger charge is 2.50. The third-order valence-corrected chi connectivity index (χ3v) is 19.8. The van der Waals surface area contributed by atoms with E-state index in [9.17, 15) is 0 Å². The third-order valence-electron chi connectivity index (χ3n) is 19.8. The second-order valence-electron chi connectivity index (χ2n) is 28.4. The summed E-state index contributed by atoms with van der Waals surface area (Å²) in [5.41, 5.74) is 24.9. The third kappa shape index (κ3) is 6.86. The van der Waals surface area contributed by atoms with Crippen LogP contribution in [0.5, 0.6) is 0 Å². The maximum atomic E-state index is 7.78. The lowest BCUT2D eigenvalue weighted by Crippen LogP contribution is -2.61. The first-order chi connectivity index (χ1) is 32.8. The normalized spacial score (nSPS) is 22.1. The van der Waals surface area contributed by atoms with Gasteiger partial charge in [-0.05, 0) is 205 Å². The van der Waals surface area contributed by atoms with Crippen molar-refractivity contribution in [2.45, 2.75) is 218 Å². The predicted molar refractivity (Wildman–Crippen MR) is 301 cm³/mol. The summed E-state index contributed by atoms with van der Waals surface area (Å²) >= 11 is 0. The van der Waals surface area contributed by atoms with E-state index in [4.69, 9.17) is 4.42 Å². The Morgan fingerprint density at radius 3 is 1.54 bits per heavy atom. The summed E-state index contributed by atoms with van der Waals surface area (Å²) in [5, 5.41) is 1.26. The van der Waals surface area contributed by atoms with Crippen molar-refractivity contribution in [2.75, 3.05) is 9.80 Å². The van der Waals surface area contributed by atoms with Gasteiger partial charge in [0.25, 0.3) is 6.71 Å². The lowest BCUT2D eigenvalue weighted by atomic mass is 9.35. The average Bonchev–Trinajstić information content (AvgIpc) is 3.68. The minimum atomic E-state index is -0.0821. The fourth-order valence-corrected chi connectivity index (χ4v) is 14.7. The SMILES string of the molecule is CC(C)(C)c1ccc(N2c3cc4c(cc3B3c5oc6cc7c(cc6c5N(c5ccc6c(c5)C(C)(C)CCC6(C)C)c5cc(C6CCCCC6)cc2c53)C(C)(C)CCC7(C)C)C(C)(C)CCC4(C)C)cc1. The van der Waals surface area contributed by atoms with Crippen LogP contribution in [-0.4, -0.2) is 6.71 Å². The van der Waals surface area contributed by atoms with Crippen LogP contribution in [0.2, 0.25) is 0 Å². The van der Waals surface area contributed by atoms with E-state index in [0.717, 1.165) is 11.2 Å². The highest BCUT2D eigenvalue weighted by molar-refractivity contribution is 7.00. The molecule has 0 unspecified atom stereocenters. The molecular formula is C66H81BN2O. The Balaban J connectivity index is 1.23. The van der Waals surface area contributed by atoms with Crippen LogP contribution in [0, 0.1) is 0 Å². The lowest BCUT2D eigenvalue weighted by molar-refractivity contribution is 0.332. The van der Waals surface area contributed by atoms with Gasteiger partial charge in [-0.25, -0.2) is 0 Å². The van der Waals surface area contributed by atoms with Crippen molar-refractivity contribution >= 4 is 68.4 Å². The van der Waals surface area contributed by atoms with Crippen molar-refractivity contribution in [3.8, 4) is 0 Å². The molecule has 70 heavy (non-hydrogen) atoms. The molecule has 364 valence electrons. The van der Waals surface area contributed by atoms with Gasteiger partial charge in [-0.2, -0.15) is 0 Å². The van der Waals surface area contributed by atoms with Gasteiger partial charge in [0.05, 0.1) is 11.3 Å². The summed E-state index contributed by atoms with van der Waals surface area (Å²) < 4.78 is 7.78. The van der Waals surface area contributed by atoms with Crippen molar-refractivity contribution in [3.05, 3.63) is 123 Å². The Morgan fingerprint density at radius 2 is 0.971 bits per heavy atom. The number of benzene rings is 5. The van der Waals surface area contributed by atoms with Gasteiger partial charge < -0.3 is 14.2 Å². The Kier molecular flexibility index (Phi) is 9.90. The molecule has 0 amide bonds. The van der Waals surface area contributed by atoms with Gasteiger partial charge in [-0.3, -0.25) is 0 Å². The molecule has 5 aromatic carbocycles. The van der Waals surface area contributed by atoms with Crippen LogP contribution < -0.4 is 26.4 Å². The van der Waals surface area contributed by atoms with Gasteiger partial charge in [-0.15, -0.1) is 0 Å². The molecule has 0 saturated heterocycles. The number of furan rings is 1. The second kappa shape index (κ2) is 14.9. The van der Waals surface area contributed by atoms with E-state index in [1.54, 1.807) is 0 Å². The molecule has 0 radical (unpaired) electrons. The van der Waals surface area contributed by atoms with Crippen LogP contribution in [-0.2, 0) is 37.9 Å². The highest BCUT2D eigenvalue weighted by Crippen LogP contribution is 2.56. The fourth-order valence-electron chi connectivity index (χ4n) is 14.7. The smallest absolute Gasteiger partial charge is 0.297 e. The number of hydrogen-bond donors (Lipinski definition) is 0. The first-order valence-corrected chi connectivity index (χ1v) is 27.6.